The van der Waals surface area contributed by atoms with Crippen molar-refractivity contribution in [3.05, 3.63) is 12.7 Å². The standard InChI is InChI=1S/C9H17N/c1-3-5-9-6-4-7-10(2)8-9/h3,9H,1,4-8H2,2H3. The van der Waals surface area contributed by atoms with Crippen molar-refractivity contribution >= 4 is 0 Å². The molecule has 1 heterocycles. The predicted octanol–water partition coefficient (Wildman–Crippen LogP) is 1.90. The molecule has 0 amide bonds. The Morgan fingerprint density at radius 2 is 2.50 bits per heavy atom. The molecule has 0 radical (unpaired) electrons. The van der Waals surface area contributed by atoms with Gasteiger partial charge in [0.1, 0.15) is 0 Å². The Morgan fingerprint density at radius 3 is 3.10 bits per heavy atom. The largest absolute Gasteiger partial charge is 0.306 e. The average Bonchev–Trinajstić information content (AvgIpc) is 1.88. The molecule has 58 valence electrons. The average molecular weight is 139 g/mol. The molecule has 0 saturated carbocycles. The minimum absolute atomic E-state index is 0.885. The van der Waals surface area contributed by atoms with E-state index in [2.05, 4.69) is 18.5 Å². The Kier molecular flexibility index (Phi) is 2.94. The summed E-state index contributed by atoms with van der Waals surface area (Å²) in [5.41, 5.74) is 0. The lowest BCUT2D eigenvalue weighted by molar-refractivity contribution is 0.211. The van der Waals surface area contributed by atoms with E-state index in [0.29, 0.717) is 0 Å². The molecule has 0 spiro atoms. The number of allylic oxidation sites excluding steroid dienone is 1. The van der Waals surface area contributed by atoms with Crippen molar-refractivity contribution in [2.45, 2.75) is 19.3 Å². The third kappa shape index (κ3) is 2.14. The second-order valence-corrected chi connectivity index (χ2v) is 3.29. The lowest BCUT2D eigenvalue weighted by Gasteiger charge is -2.28. The van der Waals surface area contributed by atoms with Crippen LogP contribution in [-0.4, -0.2) is 25.0 Å². The first-order valence-electron chi connectivity index (χ1n) is 4.12. The van der Waals surface area contributed by atoms with E-state index in [0.717, 1.165) is 5.92 Å². The van der Waals surface area contributed by atoms with Crippen molar-refractivity contribution in [1.29, 1.82) is 0 Å². The van der Waals surface area contributed by atoms with E-state index in [-0.39, 0.29) is 0 Å². The molecule has 0 aromatic rings. The maximum absolute atomic E-state index is 3.76. The van der Waals surface area contributed by atoms with Gasteiger partial charge in [-0.1, -0.05) is 6.08 Å². The second-order valence-electron chi connectivity index (χ2n) is 3.29. The first kappa shape index (κ1) is 7.80. The van der Waals surface area contributed by atoms with E-state index in [4.69, 9.17) is 0 Å². The number of rotatable bonds is 2. The van der Waals surface area contributed by atoms with E-state index in [9.17, 15) is 0 Å². The molecule has 0 N–H and O–H groups in total. The van der Waals surface area contributed by atoms with Crippen LogP contribution >= 0.6 is 0 Å². The van der Waals surface area contributed by atoms with E-state index >= 15 is 0 Å². The molecular weight excluding hydrogens is 122 g/mol. The van der Waals surface area contributed by atoms with Crippen LogP contribution in [0.15, 0.2) is 12.7 Å². The van der Waals surface area contributed by atoms with Crippen molar-refractivity contribution in [3.63, 3.8) is 0 Å². The molecule has 1 fully saturated rings. The summed E-state index contributed by atoms with van der Waals surface area (Å²) in [5.74, 6) is 0.885. The van der Waals surface area contributed by atoms with Crippen LogP contribution in [0, 0.1) is 5.92 Å². The Labute approximate surface area is 63.7 Å². The van der Waals surface area contributed by atoms with E-state index in [1.165, 1.54) is 32.4 Å². The maximum Gasteiger partial charge on any atom is 0.000957 e. The van der Waals surface area contributed by atoms with Gasteiger partial charge in [0.25, 0.3) is 0 Å². The van der Waals surface area contributed by atoms with Crippen LogP contribution in [0.5, 0.6) is 0 Å². The van der Waals surface area contributed by atoms with Crippen molar-refractivity contribution in [3.8, 4) is 0 Å². The van der Waals surface area contributed by atoms with Crippen molar-refractivity contribution < 1.29 is 0 Å². The highest BCUT2D eigenvalue weighted by Gasteiger charge is 2.14. The predicted molar refractivity (Wildman–Crippen MR) is 45.0 cm³/mol. The smallest absolute Gasteiger partial charge is 0.000957 e. The van der Waals surface area contributed by atoms with Gasteiger partial charge >= 0.3 is 0 Å². The monoisotopic (exact) mass is 139 g/mol. The molecule has 0 aromatic heterocycles. The topological polar surface area (TPSA) is 3.24 Å². The van der Waals surface area contributed by atoms with Gasteiger partial charge in [0.15, 0.2) is 0 Å². The summed E-state index contributed by atoms with van der Waals surface area (Å²) in [5, 5.41) is 0. The summed E-state index contributed by atoms with van der Waals surface area (Å²) >= 11 is 0. The fraction of sp³-hybridized carbons (Fsp3) is 0.778. The van der Waals surface area contributed by atoms with Gasteiger partial charge in [-0.3, -0.25) is 0 Å². The van der Waals surface area contributed by atoms with Crippen LogP contribution in [0.25, 0.3) is 0 Å². The Morgan fingerprint density at radius 1 is 1.70 bits per heavy atom. The highest BCUT2D eigenvalue weighted by atomic mass is 15.1. The number of hydrogen-bond acceptors (Lipinski definition) is 1. The van der Waals surface area contributed by atoms with Gasteiger partial charge in [-0.15, -0.1) is 6.58 Å². The van der Waals surface area contributed by atoms with Crippen molar-refractivity contribution in [2.24, 2.45) is 5.92 Å². The molecular formula is C9H17N. The molecule has 10 heavy (non-hydrogen) atoms. The van der Waals surface area contributed by atoms with Crippen LogP contribution in [0.3, 0.4) is 0 Å². The van der Waals surface area contributed by atoms with Gasteiger partial charge < -0.3 is 4.90 Å². The normalized spacial score (nSPS) is 28.3. The molecule has 0 aromatic carbocycles. The zero-order valence-corrected chi connectivity index (χ0v) is 6.84. The van der Waals surface area contributed by atoms with Crippen LogP contribution < -0.4 is 0 Å². The quantitative estimate of drug-likeness (QED) is 0.528. The Bertz CT molecular complexity index is 109. The highest BCUT2D eigenvalue weighted by Crippen LogP contribution is 2.17. The lowest BCUT2D eigenvalue weighted by atomic mass is 9.95. The van der Waals surface area contributed by atoms with Gasteiger partial charge in [0, 0.05) is 6.54 Å². The Hall–Kier alpha value is -0.300. The number of piperidine rings is 1. The van der Waals surface area contributed by atoms with Crippen LogP contribution in [0.2, 0.25) is 0 Å². The van der Waals surface area contributed by atoms with Crippen LogP contribution in [0.4, 0.5) is 0 Å². The van der Waals surface area contributed by atoms with Crippen molar-refractivity contribution in [2.75, 3.05) is 20.1 Å². The second kappa shape index (κ2) is 3.77. The molecule has 0 bridgehead atoms. The van der Waals surface area contributed by atoms with Gasteiger partial charge in [-0.25, -0.2) is 0 Å². The van der Waals surface area contributed by atoms with Gasteiger partial charge in [-0.05, 0) is 38.8 Å². The summed E-state index contributed by atoms with van der Waals surface area (Å²) in [4.78, 5) is 2.41. The number of hydrogen-bond donors (Lipinski definition) is 0. The fourth-order valence-corrected chi connectivity index (χ4v) is 1.70. The lowest BCUT2D eigenvalue weighted by Crippen LogP contribution is -2.31. The van der Waals surface area contributed by atoms with Gasteiger partial charge in [0.05, 0.1) is 0 Å². The number of likely N-dealkylation sites (tertiary alicyclic amines) is 1. The van der Waals surface area contributed by atoms with E-state index < -0.39 is 0 Å². The van der Waals surface area contributed by atoms with Crippen molar-refractivity contribution in [1.82, 2.24) is 4.90 Å². The first-order chi connectivity index (χ1) is 4.83. The third-order valence-corrected chi connectivity index (χ3v) is 2.22. The molecule has 1 atom stereocenters. The number of nitrogens with zero attached hydrogens (tertiary/aromatic N) is 1. The Balaban J connectivity index is 2.24. The maximum atomic E-state index is 3.76. The third-order valence-electron chi connectivity index (χ3n) is 2.22. The summed E-state index contributed by atoms with van der Waals surface area (Å²) in [6, 6.07) is 0. The van der Waals surface area contributed by atoms with Crippen LogP contribution in [-0.2, 0) is 0 Å². The molecule has 1 saturated heterocycles. The van der Waals surface area contributed by atoms with Gasteiger partial charge in [0.2, 0.25) is 0 Å². The van der Waals surface area contributed by atoms with E-state index in [1.54, 1.807) is 0 Å². The summed E-state index contributed by atoms with van der Waals surface area (Å²) in [7, 11) is 2.20. The minimum Gasteiger partial charge on any atom is -0.306 e. The SMILES string of the molecule is C=CCC1CCCN(C)C1. The molecule has 0 aliphatic carbocycles. The van der Waals surface area contributed by atoms with E-state index in [1.807, 2.05) is 6.08 Å². The molecule has 1 heteroatoms. The van der Waals surface area contributed by atoms with Crippen LogP contribution in [0.1, 0.15) is 19.3 Å². The fourth-order valence-electron chi connectivity index (χ4n) is 1.70. The zero-order valence-electron chi connectivity index (χ0n) is 6.84. The summed E-state index contributed by atoms with van der Waals surface area (Å²) < 4.78 is 0. The minimum atomic E-state index is 0.885. The highest BCUT2D eigenvalue weighted by molar-refractivity contribution is 4.78. The summed E-state index contributed by atoms with van der Waals surface area (Å²) in [6.45, 7) is 6.32. The molecule has 1 aliphatic heterocycles. The molecule has 1 unspecified atom stereocenters. The first-order valence-corrected chi connectivity index (χ1v) is 4.12. The zero-order chi connectivity index (χ0) is 7.40. The molecule has 1 nitrogen and oxygen atoms in total. The molecule has 1 rings (SSSR count). The summed E-state index contributed by atoms with van der Waals surface area (Å²) in [6.07, 6.45) is 6.01. The molecule has 1 aliphatic rings. The van der Waals surface area contributed by atoms with Gasteiger partial charge in [-0.2, -0.15) is 0 Å².